The minimum Gasteiger partial charge on any atom is -0.362 e. The first-order valence-corrected chi connectivity index (χ1v) is 7.84. The van der Waals surface area contributed by atoms with Crippen molar-refractivity contribution in [3.05, 3.63) is 34.7 Å². The van der Waals surface area contributed by atoms with Crippen molar-refractivity contribution in [2.75, 3.05) is 5.75 Å². The van der Waals surface area contributed by atoms with Crippen molar-refractivity contribution in [1.29, 1.82) is 0 Å². The van der Waals surface area contributed by atoms with Gasteiger partial charge in [0.1, 0.15) is 0 Å². The van der Waals surface area contributed by atoms with E-state index in [0.29, 0.717) is 17.4 Å². The van der Waals surface area contributed by atoms with Gasteiger partial charge in [0.25, 0.3) is 0 Å². The molecule has 1 N–H and O–H groups in total. The van der Waals surface area contributed by atoms with Crippen molar-refractivity contribution in [3.63, 3.8) is 0 Å². The Hall–Kier alpha value is -1.56. The maximum absolute atomic E-state index is 12.1. The SMILES string of the molecule is CCCc1noc(CSCC(=O)c2cc(C)[nH]c2C)n1. The highest BCUT2D eigenvalue weighted by Gasteiger charge is 2.12. The van der Waals surface area contributed by atoms with Crippen molar-refractivity contribution in [2.24, 2.45) is 0 Å². The molecule has 0 aromatic carbocycles. The van der Waals surface area contributed by atoms with Gasteiger partial charge in [-0.05, 0) is 26.3 Å². The van der Waals surface area contributed by atoms with Gasteiger partial charge in [0.2, 0.25) is 5.89 Å². The second-order valence-corrected chi connectivity index (χ2v) is 5.75. The van der Waals surface area contributed by atoms with Crippen molar-refractivity contribution < 1.29 is 9.32 Å². The molecule has 0 aliphatic rings. The summed E-state index contributed by atoms with van der Waals surface area (Å²) in [7, 11) is 0. The largest absolute Gasteiger partial charge is 0.362 e. The summed E-state index contributed by atoms with van der Waals surface area (Å²) in [4.78, 5) is 19.5. The van der Waals surface area contributed by atoms with Gasteiger partial charge in [0.05, 0.1) is 11.5 Å². The maximum Gasteiger partial charge on any atom is 0.236 e. The van der Waals surface area contributed by atoms with Crippen LogP contribution in [0.5, 0.6) is 0 Å². The number of H-pyrrole nitrogens is 1. The fourth-order valence-corrected chi connectivity index (χ4v) is 2.73. The van der Waals surface area contributed by atoms with Crippen molar-refractivity contribution >= 4 is 17.5 Å². The molecule has 2 aromatic heterocycles. The molecule has 0 unspecified atom stereocenters. The lowest BCUT2D eigenvalue weighted by Crippen LogP contribution is -2.03. The number of carbonyl (C=O) groups excluding carboxylic acids is 1. The second kappa shape index (κ2) is 6.74. The molecule has 0 aliphatic carbocycles. The molecule has 0 bridgehead atoms. The van der Waals surface area contributed by atoms with Crippen LogP contribution in [0.2, 0.25) is 0 Å². The number of ketones is 1. The summed E-state index contributed by atoms with van der Waals surface area (Å²) in [5.74, 6) is 2.46. The van der Waals surface area contributed by atoms with Crippen molar-refractivity contribution in [2.45, 2.75) is 39.4 Å². The zero-order valence-corrected chi connectivity index (χ0v) is 12.8. The molecule has 0 atom stereocenters. The van der Waals surface area contributed by atoms with Gasteiger partial charge in [-0.25, -0.2) is 0 Å². The first-order valence-electron chi connectivity index (χ1n) is 6.68. The molecule has 5 nitrogen and oxygen atoms in total. The number of aryl methyl sites for hydroxylation is 3. The predicted octanol–water partition coefficient (Wildman–Crippen LogP) is 3.08. The van der Waals surface area contributed by atoms with E-state index in [1.807, 2.05) is 19.9 Å². The normalized spacial score (nSPS) is 10.9. The zero-order valence-electron chi connectivity index (χ0n) is 12.0. The molecule has 0 aliphatic heterocycles. The van der Waals surface area contributed by atoms with E-state index in [-0.39, 0.29) is 5.78 Å². The van der Waals surface area contributed by atoms with Crippen LogP contribution in [-0.2, 0) is 12.2 Å². The number of nitrogens with one attached hydrogen (secondary N) is 1. The van der Waals surface area contributed by atoms with E-state index in [4.69, 9.17) is 4.52 Å². The Morgan fingerprint density at radius 3 is 2.90 bits per heavy atom. The first-order chi connectivity index (χ1) is 9.60. The lowest BCUT2D eigenvalue weighted by Gasteiger charge is -1.98. The topological polar surface area (TPSA) is 71.8 Å². The van der Waals surface area contributed by atoms with E-state index in [1.165, 1.54) is 11.8 Å². The lowest BCUT2D eigenvalue weighted by atomic mass is 10.2. The first kappa shape index (κ1) is 14.8. The number of hydrogen-bond donors (Lipinski definition) is 1. The van der Waals surface area contributed by atoms with E-state index in [0.717, 1.165) is 35.6 Å². The van der Waals surface area contributed by atoms with Crippen LogP contribution >= 0.6 is 11.8 Å². The van der Waals surface area contributed by atoms with Gasteiger partial charge in [-0.3, -0.25) is 4.79 Å². The summed E-state index contributed by atoms with van der Waals surface area (Å²) in [5, 5.41) is 3.89. The zero-order chi connectivity index (χ0) is 14.5. The number of aromatic nitrogens is 3. The highest BCUT2D eigenvalue weighted by Crippen LogP contribution is 2.16. The number of thioether (sulfide) groups is 1. The molecule has 0 spiro atoms. The standard InChI is InChI=1S/C14H19N3O2S/c1-4-5-13-16-14(19-17-13)8-20-7-12(18)11-6-9(2)15-10(11)3/h6,15H,4-5,7-8H2,1-3H3. The van der Waals surface area contributed by atoms with Crippen LogP contribution in [0.4, 0.5) is 0 Å². The van der Waals surface area contributed by atoms with Gasteiger partial charge in [-0.2, -0.15) is 4.98 Å². The van der Waals surface area contributed by atoms with Crippen LogP contribution in [0, 0.1) is 13.8 Å². The van der Waals surface area contributed by atoms with Gasteiger partial charge in [-0.1, -0.05) is 12.1 Å². The van der Waals surface area contributed by atoms with Crippen LogP contribution in [0.25, 0.3) is 0 Å². The molecule has 0 fully saturated rings. The highest BCUT2D eigenvalue weighted by molar-refractivity contribution is 7.99. The van der Waals surface area contributed by atoms with Gasteiger partial charge in [-0.15, -0.1) is 11.8 Å². The molecular weight excluding hydrogens is 274 g/mol. The summed E-state index contributed by atoms with van der Waals surface area (Å²) in [6.45, 7) is 5.94. The summed E-state index contributed by atoms with van der Waals surface area (Å²) >= 11 is 1.50. The minimum atomic E-state index is 0.130. The second-order valence-electron chi connectivity index (χ2n) is 4.76. The molecule has 0 radical (unpaired) electrons. The molecule has 0 saturated heterocycles. The molecule has 6 heteroatoms. The van der Waals surface area contributed by atoms with Crippen LogP contribution < -0.4 is 0 Å². The molecule has 108 valence electrons. The summed E-state index contributed by atoms with van der Waals surface area (Å²) in [6, 6.07) is 1.89. The number of hydrogen-bond acceptors (Lipinski definition) is 5. The Balaban J connectivity index is 1.83. The molecular formula is C14H19N3O2S. The van der Waals surface area contributed by atoms with Crippen molar-refractivity contribution in [1.82, 2.24) is 15.1 Å². The Morgan fingerprint density at radius 1 is 1.45 bits per heavy atom. The monoisotopic (exact) mass is 293 g/mol. The average Bonchev–Trinajstić information content (AvgIpc) is 2.96. The van der Waals surface area contributed by atoms with Gasteiger partial charge >= 0.3 is 0 Å². The summed E-state index contributed by atoms with van der Waals surface area (Å²) in [6.07, 6.45) is 1.83. The van der Waals surface area contributed by atoms with Crippen LogP contribution in [0.1, 0.15) is 46.8 Å². The average molecular weight is 293 g/mol. The van der Waals surface area contributed by atoms with E-state index < -0.39 is 0 Å². The highest BCUT2D eigenvalue weighted by atomic mass is 32.2. The minimum absolute atomic E-state index is 0.130. The van der Waals surface area contributed by atoms with Crippen LogP contribution in [0.3, 0.4) is 0 Å². The van der Waals surface area contributed by atoms with Gasteiger partial charge < -0.3 is 9.51 Å². The Bertz CT molecular complexity index is 589. The molecule has 2 heterocycles. The number of carbonyl (C=O) groups is 1. The number of nitrogens with zero attached hydrogens (tertiary/aromatic N) is 2. The van der Waals surface area contributed by atoms with Crippen LogP contribution in [-0.4, -0.2) is 26.7 Å². The summed E-state index contributed by atoms with van der Waals surface area (Å²) < 4.78 is 5.13. The van der Waals surface area contributed by atoms with Gasteiger partial charge in [0, 0.05) is 23.4 Å². The Morgan fingerprint density at radius 2 is 2.25 bits per heavy atom. The predicted molar refractivity (Wildman–Crippen MR) is 79.1 cm³/mol. The molecule has 2 rings (SSSR count). The maximum atomic E-state index is 12.1. The van der Waals surface area contributed by atoms with Crippen LogP contribution in [0.15, 0.2) is 10.6 Å². The fourth-order valence-electron chi connectivity index (χ4n) is 2.00. The van der Waals surface area contributed by atoms with E-state index in [2.05, 4.69) is 22.0 Å². The van der Waals surface area contributed by atoms with Crippen molar-refractivity contribution in [3.8, 4) is 0 Å². The fraction of sp³-hybridized carbons (Fsp3) is 0.500. The van der Waals surface area contributed by atoms with Gasteiger partial charge in [0.15, 0.2) is 11.6 Å². The van der Waals surface area contributed by atoms with E-state index >= 15 is 0 Å². The third-order valence-electron chi connectivity index (χ3n) is 2.89. The molecule has 0 amide bonds. The summed E-state index contributed by atoms with van der Waals surface area (Å²) in [5.41, 5.74) is 2.71. The Labute approximate surface area is 122 Å². The lowest BCUT2D eigenvalue weighted by molar-refractivity contribution is 0.102. The Kier molecular flexibility index (Phi) is 5.00. The number of aromatic amines is 1. The number of Topliss-reactive ketones (excluding diaryl/α,β-unsaturated/α-hetero) is 1. The molecule has 2 aromatic rings. The quantitative estimate of drug-likeness (QED) is 0.794. The smallest absolute Gasteiger partial charge is 0.236 e. The van der Waals surface area contributed by atoms with E-state index in [9.17, 15) is 4.79 Å². The molecule has 20 heavy (non-hydrogen) atoms. The number of rotatable bonds is 7. The van der Waals surface area contributed by atoms with E-state index in [1.54, 1.807) is 0 Å². The third-order valence-corrected chi connectivity index (χ3v) is 3.81. The third kappa shape index (κ3) is 3.72. The molecule has 0 saturated carbocycles.